The summed E-state index contributed by atoms with van der Waals surface area (Å²) in [7, 11) is -2.23. The van der Waals surface area contributed by atoms with Gasteiger partial charge in [0.1, 0.15) is 4.90 Å². The van der Waals surface area contributed by atoms with Crippen molar-refractivity contribution in [2.24, 2.45) is 5.14 Å². The van der Waals surface area contributed by atoms with Crippen LogP contribution in [0.25, 0.3) is 0 Å². The molecule has 112 valence electrons. The van der Waals surface area contributed by atoms with Crippen molar-refractivity contribution in [1.82, 2.24) is 5.32 Å². The maximum Gasteiger partial charge on any atom is 0.240 e. The first-order valence-corrected chi connectivity index (χ1v) is 7.61. The van der Waals surface area contributed by atoms with Crippen molar-refractivity contribution in [2.75, 3.05) is 32.1 Å². The number of sulfonamides is 1. The van der Waals surface area contributed by atoms with Gasteiger partial charge in [0.25, 0.3) is 0 Å². The highest BCUT2D eigenvalue weighted by molar-refractivity contribution is 7.89. The summed E-state index contributed by atoms with van der Waals surface area (Å²) in [5, 5.41) is 10.7. The number of hydrogen-bond donors (Lipinski definition) is 3. The normalized spacial score (nSPS) is 11.1. The van der Waals surface area contributed by atoms with Gasteiger partial charge in [0.05, 0.1) is 12.3 Å². The van der Waals surface area contributed by atoms with Crippen molar-refractivity contribution >= 4 is 21.6 Å². The number of nitrogens with two attached hydrogens (primary N) is 1. The number of primary sulfonamides is 1. The molecule has 0 saturated carbocycles. The Hall–Kier alpha value is -1.64. The molecule has 1 rings (SSSR count). The number of amides is 1. The number of benzene rings is 1. The first-order chi connectivity index (χ1) is 9.45. The lowest BCUT2D eigenvalue weighted by atomic mass is 10.3. The van der Waals surface area contributed by atoms with E-state index in [2.05, 4.69) is 10.6 Å². The van der Waals surface area contributed by atoms with Crippen molar-refractivity contribution in [3.63, 3.8) is 0 Å². The molecule has 0 heterocycles. The molecule has 1 amide bonds. The van der Waals surface area contributed by atoms with E-state index in [-0.39, 0.29) is 17.2 Å². The summed E-state index contributed by atoms with van der Waals surface area (Å²) in [5.41, 5.74) is 0.389. The smallest absolute Gasteiger partial charge is 0.240 e. The van der Waals surface area contributed by atoms with E-state index in [4.69, 9.17) is 9.88 Å². The van der Waals surface area contributed by atoms with Crippen LogP contribution in [0.3, 0.4) is 0 Å². The lowest BCUT2D eigenvalue weighted by Gasteiger charge is -2.10. The summed E-state index contributed by atoms with van der Waals surface area (Å²) in [4.78, 5) is 11.5. The lowest BCUT2D eigenvalue weighted by molar-refractivity contribution is -0.121. The van der Waals surface area contributed by atoms with E-state index in [1.807, 2.05) is 0 Å². The number of methoxy groups -OCH3 is 1. The number of nitrogens with one attached hydrogen (secondary N) is 2. The van der Waals surface area contributed by atoms with Crippen molar-refractivity contribution in [3.05, 3.63) is 24.3 Å². The van der Waals surface area contributed by atoms with Crippen molar-refractivity contribution in [1.29, 1.82) is 0 Å². The third-order valence-electron chi connectivity index (χ3n) is 2.49. The van der Waals surface area contributed by atoms with E-state index < -0.39 is 10.0 Å². The fraction of sp³-hybridized carbons (Fsp3) is 0.417. The number of para-hydroxylation sites is 1. The monoisotopic (exact) mass is 301 g/mol. The van der Waals surface area contributed by atoms with Gasteiger partial charge in [0.2, 0.25) is 15.9 Å². The van der Waals surface area contributed by atoms with E-state index >= 15 is 0 Å². The molecule has 1 aromatic carbocycles. The van der Waals surface area contributed by atoms with Gasteiger partial charge >= 0.3 is 0 Å². The SMILES string of the molecule is COCCNC(=O)CCNc1ccccc1S(N)(=O)=O. The molecule has 1 aromatic rings. The Morgan fingerprint density at radius 2 is 2.00 bits per heavy atom. The molecule has 8 heteroatoms. The quantitative estimate of drug-likeness (QED) is 0.581. The van der Waals surface area contributed by atoms with Crippen LogP contribution in [0.2, 0.25) is 0 Å². The first kappa shape index (κ1) is 16.4. The molecular formula is C12H19N3O4S. The second-order valence-corrected chi connectivity index (χ2v) is 5.59. The topological polar surface area (TPSA) is 111 Å². The molecule has 0 aliphatic heterocycles. The number of hydrogen-bond acceptors (Lipinski definition) is 5. The lowest BCUT2D eigenvalue weighted by Crippen LogP contribution is -2.28. The fourth-order valence-corrected chi connectivity index (χ4v) is 2.27. The summed E-state index contributed by atoms with van der Waals surface area (Å²) >= 11 is 0. The van der Waals surface area contributed by atoms with Crippen LogP contribution in [0.4, 0.5) is 5.69 Å². The van der Waals surface area contributed by atoms with Gasteiger partial charge in [-0.15, -0.1) is 0 Å². The van der Waals surface area contributed by atoms with Gasteiger partial charge in [-0.2, -0.15) is 0 Å². The maximum atomic E-state index is 11.4. The molecule has 0 radical (unpaired) electrons. The van der Waals surface area contributed by atoms with Gasteiger partial charge in [0, 0.05) is 26.6 Å². The van der Waals surface area contributed by atoms with Gasteiger partial charge in [-0.05, 0) is 12.1 Å². The Morgan fingerprint density at radius 3 is 2.65 bits per heavy atom. The summed E-state index contributed by atoms with van der Waals surface area (Å²) in [6.07, 6.45) is 0.225. The van der Waals surface area contributed by atoms with Crippen LogP contribution in [-0.4, -0.2) is 41.1 Å². The van der Waals surface area contributed by atoms with Crippen LogP contribution in [-0.2, 0) is 19.6 Å². The summed E-state index contributed by atoms with van der Waals surface area (Å²) in [6.45, 7) is 1.21. The zero-order chi connectivity index (χ0) is 15.0. The number of rotatable bonds is 8. The predicted octanol–water partition coefficient (Wildman–Crippen LogP) is -0.101. The van der Waals surface area contributed by atoms with Crippen LogP contribution < -0.4 is 15.8 Å². The minimum Gasteiger partial charge on any atom is -0.383 e. The van der Waals surface area contributed by atoms with Gasteiger partial charge in [-0.3, -0.25) is 4.79 Å². The van der Waals surface area contributed by atoms with Crippen LogP contribution in [0.15, 0.2) is 29.2 Å². The number of carbonyl (C=O) groups is 1. The van der Waals surface area contributed by atoms with E-state index in [0.717, 1.165) is 0 Å². The van der Waals surface area contributed by atoms with E-state index in [1.165, 1.54) is 6.07 Å². The molecule has 0 aliphatic carbocycles. The van der Waals surface area contributed by atoms with E-state index in [0.29, 0.717) is 25.4 Å². The predicted molar refractivity (Wildman–Crippen MR) is 75.8 cm³/mol. The van der Waals surface area contributed by atoms with Crippen molar-refractivity contribution in [3.8, 4) is 0 Å². The molecule has 0 aromatic heterocycles. The standard InChI is InChI=1S/C12H19N3O4S/c1-19-9-8-15-12(16)6-7-14-10-4-2-3-5-11(10)20(13,17)18/h2-5,14H,6-9H2,1H3,(H,15,16)(H2,13,17,18). The number of ether oxygens (including phenoxy) is 1. The number of carbonyl (C=O) groups excluding carboxylic acids is 1. The fourth-order valence-electron chi connectivity index (χ4n) is 1.55. The zero-order valence-corrected chi connectivity index (χ0v) is 12.1. The highest BCUT2D eigenvalue weighted by atomic mass is 32.2. The van der Waals surface area contributed by atoms with Crippen LogP contribution in [0, 0.1) is 0 Å². The maximum absolute atomic E-state index is 11.4. The van der Waals surface area contributed by atoms with Gasteiger partial charge < -0.3 is 15.4 Å². The van der Waals surface area contributed by atoms with Gasteiger partial charge in [-0.1, -0.05) is 12.1 Å². The molecule has 0 fully saturated rings. The van der Waals surface area contributed by atoms with Crippen molar-refractivity contribution < 1.29 is 17.9 Å². The second-order valence-electron chi connectivity index (χ2n) is 4.06. The molecule has 20 heavy (non-hydrogen) atoms. The minimum atomic E-state index is -3.78. The van der Waals surface area contributed by atoms with E-state index in [1.54, 1.807) is 25.3 Å². The Morgan fingerprint density at radius 1 is 1.30 bits per heavy atom. The highest BCUT2D eigenvalue weighted by Crippen LogP contribution is 2.18. The molecule has 0 aliphatic rings. The Balaban J connectivity index is 2.49. The third kappa shape index (κ3) is 5.55. The highest BCUT2D eigenvalue weighted by Gasteiger charge is 2.12. The molecule has 0 saturated heterocycles. The second kappa shape index (κ2) is 7.83. The van der Waals surface area contributed by atoms with Crippen molar-refractivity contribution in [2.45, 2.75) is 11.3 Å². The Bertz CT molecular complexity index is 545. The molecular weight excluding hydrogens is 282 g/mol. The van der Waals surface area contributed by atoms with Crippen LogP contribution >= 0.6 is 0 Å². The van der Waals surface area contributed by atoms with Crippen LogP contribution in [0.1, 0.15) is 6.42 Å². The average Bonchev–Trinajstić information content (AvgIpc) is 2.38. The molecule has 0 spiro atoms. The third-order valence-corrected chi connectivity index (χ3v) is 3.46. The Kier molecular flexibility index (Phi) is 6.43. The van der Waals surface area contributed by atoms with Gasteiger partial charge in [0.15, 0.2) is 0 Å². The Labute approximate surface area is 118 Å². The van der Waals surface area contributed by atoms with E-state index in [9.17, 15) is 13.2 Å². The first-order valence-electron chi connectivity index (χ1n) is 6.06. The number of anilines is 1. The minimum absolute atomic E-state index is 0.0137. The molecule has 0 unspecified atom stereocenters. The summed E-state index contributed by atoms with van der Waals surface area (Å²) < 4.78 is 27.5. The zero-order valence-electron chi connectivity index (χ0n) is 11.3. The summed E-state index contributed by atoms with van der Waals surface area (Å²) in [5.74, 6) is -0.136. The molecule has 0 bridgehead atoms. The molecule has 0 atom stereocenters. The molecule has 7 nitrogen and oxygen atoms in total. The summed E-state index contributed by atoms with van der Waals surface area (Å²) in [6, 6.07) is 6.29. The average molecular weight is 301 g/mol. The molecule has 4 N–H and O–H groups in total. The van der Waals surface area contributed by atoms with Crippen LogP contribution in [0.5, 0.6) is 0 Å². The largest absolute Gasteiger partial charge is 0.383 e. The van der Waals surface area contributed by atoms with Gasteiger partial charge in [-0.25, -0.2) is 13.6 Å².